The third-order valence-corrected chi connectivity index (χ3v) is 1.94. The standard InChI is InChI=1S/C9H9NO2S.ClH/c11-9(12)8(10-13)6-7-4-2-1-3-5-7;/h1-5,8H,6H2,(H,11,12);1H/t8-;/m0./s1. The number of carboxylic acids is 1. The summed E-state index contributed by atoms with van der Waals surface area (Å²) in [4.78, 5) is 10.6. The molecule has 0 saturated carbocycles. The lowest BCUT2D eigenvalue weighted by atomic mass is 10.1. The van der Waals surface area contributed by atoms with E-state index in [0.29, 0.717) is 6.42 Å². The van der Waals surface area contributed by atoms with Crippen LogP contribution in [0.15, 0.2) is 34.7 Å². The molecule has 0 saturated heterocycles. The normalized spacial score (nSPS) is 11.1. The van der Waals surface area contributed by atoms with E-state index in [9.17, 15) is 4.79 Å². The highest BCUT2D eigenvalue weighted by atomic mass is 35.5. The Morgan fingerprint density at radius 2 is 2.00 bits per heavy atom. The van der Waals surface area contributed by atoms with E-state index in [2.05, 4.69) is 16.8 Å². The Bertz CT molecular complexity index is 305. The second-order valence-corrected chi connectivity index (χ2v) is 2.86. The Balaban J connectivity index is 0.00000169. The van der Waals surface area contributed by atoms with E-state index < -0.39 is 12.0 Å². The lowest BCUT2D eigenvalue weighted by Crippen LogP contribution is -2.19. The Morgan fingerprint density at radius 1 is 1.43 bits per heavy atom. The molecule has 14 heavy (non-hydrogen) atoms. The summed E-state index contributed by atoms with van der Waals surface area (Å²) in [5.41, 5.74) is 0.934. The third-order valence-electron chi connectivity index (χ3n) is 1.68. The number of carbonyl (C=O) groups is 1. The lowest BCUT2D eigenvalue weighted by Gasteiger charge is -2.04. The fourth-order valence-corrected chi connectivity index (χ4v) is 1.17. The highest BCUT2D eigenvalue weighted by molar-refractivity contribution is 7.47. The van der Waals surface area contributed by atoms with Gasteiger partial charge >= 0.3 is 5.97 Å². The minimum atomic E-state index is -0.973. The lowest BCUT2D eigenvalue weighted by molar-refractivity contribution is -0.138. The Labute approximate surface area is 93.7 Å². The largest absolute Gasteiger partial charge is 0.480 e. The van der Waals surface area contributed by atoms with Crippen molar-refractivity contribution in [2.75, 3.05) is 0 Å². The number of benzene rings is 1. The van der Waals surface area contributed by atoms with Crippen LogP contribution in [0, 0.1) is 0 Å². The van der Waals surface area contributed by atoms with Crippen LogP contribution < -0.4 is 0 Å². The summed E-state index contributed by atoms with van der Waals surface area (Å²) in [5, 5.41) is 8.67. The Morgan fingerprint density at radius 3 is 2.43 bits per heavy atom. The molecule has 0 radical (unpaired) electrons. The van der Waals surface area contributed by atoms with Crippen molar-refractivity contribution < 1.29 is 9.90 Å². The molecule has 1 aromatic rings. The summed E-state index contributed by atoms with van der Waals surface area (Å²) in [6.07, 6.45) is 0.361. The molecule has 0 aromatic heterocycles. The molecule has 0 bridgehead atoms. The van der Waals surface area contributed by atoms with Gasteiger partial charge in [0.2, 0.25) is 0 Å². The van der Waals surface area contributed by atoms with Crippen molar-refractivity contribution in [3.05, 3.63) is 35.9 Å². The summed E-state index contributed by atoms with van der Waals surface area (Å²) in [6.45, 7) is 0. The summed E-state index contributed by atoms with van der Waals surface area (Å²) < 4.78 is 3.37. The smallest absolute Gasteiger partial charge is 0.329 e. The van der Waals surface area contributed by atoms with Gasteiger partial charge in [0.05, 0.1) is 0 Å². The summed E-state index contributed by atoms with van der Waals surface area (Å²) in [6, 6.07) is 8.50. The van der Waals surface area contributed by atoms with E-state index in [-0.39, 0.29) is 12.4 Å². The minimum Gasteiger partial charge on any atom is -0.480 e. The molecule has 1 N–H and O–H groups in total. The molecule has 1 aromatic carbocycles. The summed E-state index contributed by atoms with van der Waals surface area (Å²) in [5.74, 6) is -0.973. The molecule has 0 fully saturated rings. The van der Waals surface area contributed by atoms with Gasteiger partial charge in [-0.25, -0.2) is 9.16 Å². The maximum absolute atomic E-state index is 10.6. The van der Waals surface area contributed by atoms with Gasteiger partial charge in [0.15, 0.2) is 6.04 Å². The quantitative estimate of drug-likeness (QED) is 0.860. The van der Waals surface area contributed by atoms with Crippen molar-refractivity contribution >= 4 is 30.8 Å². The number of halogens is 1. The third kappa shape index (κ3) is 3.81. The summed E-state index contributed by atoms with van der Waals surface area (Å²) in [7, 11) is 0. The molecule has 0 aliphatic rings. The van der Waals surface area contributed by atoms with E-state index >= 15 is 0 Å². The van der Waals surface area contributed by atoms with E-state index in [1.165, 1.54) is 0 Å². The average Bonchev–Trinajstić information content (AvgIpc) is 2.15. The first-order valence-corrected chi connectivity index (χ1v) is 4.19. The first-order chi connectivity index (χ1) is 6.24. The van der Waals surface area contributed by atoms with Gasteiger partial charge in [-0.1, -0.05) is 30.3 Å². The van der Waals surface area contributed by atoms with Gasteiger partial charge < -0.3 is 5.11 Å². The molecule has 0 aliphatic carbocycles. The van der Waals surface area contributed by atoms with Crippen LogP contribution in [0.1, 0.15) is 5.56 Å². The monoisotopic (exact) mass is 231 g/mol. The maximum atomic E-state index is 10.6. The van der Waals surface area contributed by atoms with Crippen LogP contribution in [0.2, 0.25) is 0 Å². The minimum absolute atomic E-state index is 0. The zero-order valence-corrected chi connectivity index (χ0v) is 8.92. The molecule has 1 atom stereocenters. The first-order valence-electron chi connectivity index (χ1n) is 3.83. The molecule has 1 rings (SSSR count). The molecule has 0 heterocycles. The molecular formula is C9H10ClNO2S. The Kier molecular flexibility index (Phi) is 5.99. The van der Waals surface area contributed by atoms with Crippen molar-refractivity contribution in [1.82, 2.24) is 0 Å². The predicted molar refractivity (Wildman–Crippen MR) is 58.6 cm³/mol. The number of hydrogen-bond acceptors (Lipinski definition) is 3. The van der Waals surface area contributed by atoms with Crippen molar-refractivity contribution in [2.45, 2.75) is 12.5 Å². The van der Waals surface area contributed by atoms with Crippen LogP contribution in [0.3, 0.4) is 0 Å². The molecule has 0 spiro atoms. The second kappa shape index (κ2) is 6.45. The summed E-state index contributed by atoms with van der Waals surface area (Å²) >= 11 is 4.39. The fraction of sp³-hybridized carbons (Fsp3) is 0.222. The Hall–Kier alpha value is -1.00. The van der Waals surface area contributed by atoms with Crippen LogP contribution in [0.25, 0.3) is 0 Å². The highest BCUT2D eigenvalue weighted by Gasteiger charge is 2.15. The fourth-order valence-electron chi connectivity index (χ4n) is 1.01. The van der Waals surface area contributed by atoms with Crippen LogP contribution in [-0.4, -0.2) is 17.1 Å². The average molecular weight is 232 g/mol. The van der Waals surface area contributed by atoms with Crippen LogP contribution in [-0.2, 0) is 23.6 Å². The second-order valence-electron chi connectivity index (χ2n) is 2.65. The van der Waals surface area contributed by atoms with Gasteiger partial charge in [-0.3, -0.25) is 0 Å². The van der Waals surface area contributed by atoms with Crippen LogP contribution in [0.5, 0.6) is 0 Å². The number of carboxylic acid groups (broad SMARTS) is 1. The molecule has 3 nitrogen and oxygen atoms in total. The van der Waals surface area contributed by atoms with Gasteiger partial charge in [-0.2, -0.15) is 0 Å². The zero-order chi connectivity index (χ0) is 9.68. The van der Waals surface area contributed by atoms with Gasteiger partial charge in [0, 0.05) is 18.8 Å². The van der Waals surface area contributed by atoms with Crippen LogP contribution >= 0.6 is 12.4 Å². The van der Waals surface area contributed by atoms with E-state index in [1.54, 1.807) is 0 Å². The SMILES string of the molecule is Cl.O=C(O)[C@H](Cc1ccccc1)N=S. The number of hydrogen-bond donors (Lipinski definition) is 1. The van der Waals surface area contributed by atoms with E-state index in [4.69, 9.17) is 5.11 Å². The molecule has 76 valence electrons. The van der Waals surface area contributed by atoms with Gasteiger partial charge in [-0.05, 0) is 5.56 Å². The number of rotatable bonds is 4. The number of aliphatic carboxylic acids is 1. The van der Waals surface area contributed by atoms with Crippen LogP contribution in [0.4, 0.5) is 0 Å². The maximum Gasteiger partial charge on any atom is 0.329 e. The molecule has 0 aliphatic heterocycles. The molecule has 0 amide bonds. The van der Waals surface area contributed by atoms with Crippen molar-refractivity contribution in [1.29, 1.82) is 0 Å². The number of nitrogens with zero attached hydrogens (tertiary/aromatic N) is 1. The predicted octanol–water partition coefficient (Wildman–Crippen LogP) is 1.83. The van der Waals surface area contributed by atoms with Crippen molar-refractivity contribution in [2.24, 2.45) is 4.36 Å². The van der Waals surface area contributed by atoms with Gasteiger partial charge in [0.25, 0.3) is 0 Å². The van der Waals surface area contributed by atoms with E-state index in [0.717, 1.165) is 5.56 Å². The first kappa shape index (κ1) is 13.0. The van der Waals surface area contributed by atoms with Gasteiger partial charge in [-0.15, -0.1) is 12.4 Å². The van der Waals surface area contributed by atoms with Crippen molar-refractivity contribution in [3.8, 4) is 0 Å². The van der Waals surface area contributed by atoms with E-state index in [1.807, 2.05) is 30.3 Å². The topological polar surface area (TPSA) is 49.7 Å². The van der Waals surface area contributed by atoms with Gasteiger partial charge in [0.1, 0.15) is 0 Å². The molecular weight excluding hydrogens is 222 g/mol. The molecule has 0 unspecified atom stereocenters. The highest BCUT2D eigenvalue weighted by Crippen LogP contribution is 2.05. The molecule has 5 heteroatoms. The zero-order valence-electron chi connectivity index (χ0n) is 7.29. The van der Waals surface area contributed by atoms with Crippen molar-refractivity contribution in [3.63, 3.8) is 0 Å².